The molecule has 1 aromatic heterocycles. The van der Waals surface area contributed by atoms with Gasteiger partial charge in [0.2, 0.25) is 0 Å². The summed E-state index contributed by atoms with van der Waals surface area (Å²) in [5.41, 5.74) is 2.14. The molecule has 0 bridgehead atoms. The predicted molar refractivity (Wildman–Crippen MR) is 68.7 cm³/mol. The Labute approximate surface area is 106 Å². The van der Waals surface area contributed by atoms with Crippen molar-refractivity contribution in [2.45, 2.75) is 26.3 Å². The molecule has 0 unspecified atom stereocenters. The van der Waals surface area contributed by atoms with Gasteiger partial charge in [-0.15, -0.1) is 11.6 Å². The zero-order valence-corrected chi connectivity index (χ0v) is 10.7. The summed E-state index contributed by atoms with van der Waals surface area (Å²) in [6.45, 7) is 4.89. The zero-order valence-electron chi connectivity index (χ0n) is 9.98. The number of aryl methyl sites for hydroxylation is 2. The molecule has 17 heavy (non-hydrogen) atoms. The maximum Gasteiger partial charge on any atom is 0.165 e. The van der Waals surface area contributed by atoms with Crippen LogP contribution in [0.25, 0.3) is 0 Å². The first-order valence-electron chi connectivity index (χ1n) is 5.58. The van der Waals surface area contributed by atoms with Gasteiger partial charge in [-0.3, -0.25) is 4.68 Å². The summed E-state index contributed by atoms with van der Waals surface area (Å²) in [4.78, 5) is 0. The fourth-order valence-corrected chi connectivity index (χ4v) is 1.70. The van der Waals surface area contributed by atoms with Crippen molar-refractivity contribution in [2.75, 3.05) is 0 Å². The van der Waals surface area contributed by atoms with Crippen LogP contribution in [0, 0.1) is 6.92 Å². The first-order chi connectivity index (χ1) is 8.22. The van der Waals surface area contributed by atoms with E-state index in [1.54, 1.807) is 6.20 Å². The second-order valence-corrected chi connectivity index (χ2v) is 4.13. The molecule has 1 aromatic carbocycles. The summed E-state index contributed by atoms with van der Waals surface area (Å²) in [5, 5.41) is 4.17. The van der Waals surface area contributed by atoms with Crippen LogP contribution < -0.4 is 4.74 Å². The normalized spacial score (nSPS) is 10.5. The van der Waals surface area contributed by atoms with E-state index >= 15 is 0 Å². The molecule has 0 N–H and O–H groups in total. The van der Waals surface area contributed by atoms with E-state index in [9.17, 15) is 0 Å². The fraction of sp³-hybridized carbons (Fsp3) is 0.308. The Morgan fingerprint density at radius 1 is 1.41 bits per heavy atom. The molecule has 4 heteroatoms. The molecule has 1 heterocycles. The van der Waals surface area contributed by atoms with Crippen LogP contribution in [0.3, 0.4) is 0 Å². The van der Waals surface area contributed by atoms with Crippen LogP contribution in [0.1, 0.15) is 18.1 Å². The van der Waals surface area contributed by atoms with Gasteiger partial charge < -0.3 is 4.74 Å². The highest BCUT2D eigenvalue weighted by atomic mass is 35.5. The Kier molecular flexibility index (Phi) is 3.69. The minimum atomic E-state index is 0.491. The second kappa shape index (κ2) is 5.23. The lowest BCUT2D eigenvalue weighted by molar-refractivity contribution is 0.477. The van der Waals surface area contributed by atoms with Gasteiger partial charge in [0.25, 0.3) is 0 Å². The monoisotopic (exact) mass is 250 g/mol. The molecule has 0 saturated heterocycles. The van der Waals surface area contributed by atoms with Gasteiger partial charge in [-0.25, -0.2) is 0 Å². The van der Waals surface area contributed by atoms with Gasteiger partial charge in [0, 0.05) is 12.4 Å². The quantitative estimate of drug-likeness (QED) is 0.773. The van der Waals surface area contributed by atoms with Crippen molar-refractivity contribution in [1.82, 2.24) is 9.78 Å². The van der Waals surface area contributed by atoms with Crippen molar-refractivity contribution in [2.24, 2.45) is 0 Å². The highest BCUT2D eigenvalue weighted by molar-refractivity contribution is 6.17. The SMILES string of the molecule is CCn1cc(Oc2cc(CCl)ccc2C)cn1. The molecular formula is C13H15ClN2O. The number of rotatable bonds is 4. The van der Waals surface area contributed by atoms with E-state index in [0.29, 0.717) is 5.88 Å². The van der Waals surface area contributed by atoms with Gasteiger partial charge in [0.1, 0.15) is 5.75 Å². The van der Waals surface area contributed by atoms with E-state index in [4.69, 9.17) is 16.3 Å². The van der Waals surface area contributed by atoms with Crippen LogP contribution in [-0.4, -0.2) is 9.78 Å². The number of nitrogens with zero attached hydrogens (tertiary/aromatic N) is 2. The molecule has 0 aliphatic carbocycles. The Balaban J connectivity index is 2.22. The Morgan fingerprint density at radius 2 is 2.24 bits per heavy atom. The third-order valence-electron chi connectivity index (χ3n) is 2.57. The Morgan fingerprint density at radius 3 is 2.88 bits per heavy atom. The van der Waals surface area contributed by atoms with E-state index in [0.717, 1.165) is 29.2 Å². The fourth-order valence-electron chi connectivity index (χ4n) is 1.53. The molecule has 0 aliphatic rings. The van der Waals surface area contributed by atoms with Crippen LogP contribution in [0.15, 0.2) is 30.6 Å². The van der Waals surface area contributed by atoms with Crippen molar-refractivity contribution in [3.63, 3.8) is 0 Å². The van der Waals surface area contributed by atoms with Gasteiger partial charge in [0.15, 0.2) is 5.75 Å². The number of benzene rings is 1. The Hall–Kier alpha value is -1.48. The number of hydrogen-bond acceptors (Lipinski definition) is 2. The number of aromatic nitrogens is 2. The van der Waals surface area contributed by atoms with Gasteiger partial charge >= 0.3 is 0 Å². The third kappa shape index (κ3) is 2.80. The lowest BCUT2D eigenvalue weighted by Gasteiger charge is -2.07. The summed E-state index contributed by atoms with van der Waals surface area (Å²) in [7, 11) is 0. The molecule has 0 spiro atoms. The van der Waals surface area contributed by atoms with Gasteiger partial charge in [-0.1, -0.05) is 12.1 Å². The highest BCUT2D eigenvalue weighted by Crippen LogP contribution is 2.26. The first kappa shape index (κ1) is 12.0. The minimum Gasteiger partial charge on any atom is -0.454 e. The van der Waals surface area contributed by atoms with Crippen LogP contribution in [0.5, 0.6) is 11.5 Å². The molecule has 3 nitrogen and oxygen atoms in total. The van der Waals surface area contributed by atoms with E-state index in [-0.39, 0.29) is 0 Å². The largest absolute Gasteiger partial charge is 0.454 e. The summed E-state index contributed by atoms with van der Waals surface area (Å²) >= 11 is 5.81. The molecule has 0 fully saturated rings. The first-order valence-corrected chi connectivity index (χ1v) is 6.12. The minimum absolute atomic E-state index is 0.491. The zero-order chi connectivity index (χ0) is 12.3. The number of alkyl halides is 1. The average Bonchev–Trinajstić information content (AvgIpc) is 2.80. The topological polar surface area (TPSA) is 27.1 Å². The molecule has 2 rings (SSSR count). The Bertz CT molecular complexity index is 508. The summed E-state index contributed by atoms with van der Waals surface area (Å²) in [5.74, 6) is 2.07. The van der Waals surface area contributed by atoms with Crippen LogP contribution in [0.2, 0.25) is 0 Å². The molecule has 0 radical (unpaired) electrons. The molecule has 0 atom stereocenters. The van der Waals surface area contributed by atoms with Crippen LogP contribution in [-0.2, 0) is 12.4 Å². The third-order valence-corrected chi connectivity index (χ3v) is 2.88. The average molecular weight is 251 g/mol. The highest BCUT2D eigenvalue weighted by Gasteiger charge is 2.04. The van der Waals surface area contributed by atoms with Crippen molar-refractivity contribution >= 4 is 11.6 Å². The summed E-state index contributed by atoms with van der Waals surface area (Å²) < 4.78 is 7.62. The van der Waals surface area contributed by atoms with Gasteiger partial charge in [-0.05, 0) is 31.0 Å². The van der Waals surface area contributed by atoms with E-state index in [1.165, 1.54) is 0 Å². The standard InChI is InChI=1S/C13H15ClN2O/c1-3-16-9-12(8-15-16)17-13-6-11(7-14)5-4-10(13)2/h4-6,8-9H,3,7H2,1-2H3. The molecule has 0 aliphatic heterocycles. The molecule has 0 saturated carbocycles. The summed E-state index contributed by atoms with van der Waals surface area (Å²) in [6, 6.07) is 5.98. The van der Waals surface area contributed by atoms with E-state index < -0.39 is 0 Å². The lowest BCUT2D eigenvalue weighted by atomic mass is 10.1. The van der Waals surface area contributed by atoms with E-state index in [1.807, 2.05) is 42.9 Å². The molecule has 90 valence electrons. The predicted octanol–water partition coefficient (Wildman–Crippen LogP) is 3.74. The number of ether oxygens (including phenoxy) is 1. The molecule has 0 amide bonds. The molecule has 2 aromatic rings. The van der Waals surface area contributed by atoms with Crippen molar-refractivity contribution in [3.8, 4) is 11.5 Å². The van der Waals surface area contributed by atoms with Gasteiger partial charge in [0.05, 0.1) is 12.4 Å². The van der Waals surface area contributed by atoms with Gasteiger partial charge in [-0.2, -0.15) is 5.10 Å². The lowest BCUT2D eigenvalue weighted by Crippen LogP contribution is -1.92. The van der Waals surface area contributed by atoms with Crippen molar-refractivity contribution in [3.05, 3.63) is 41.7 Å². The van der Waals surface area contributed by atoms with Crippen molar-refractivity contribution in [1.29, 1.82) is 0 Å². The van der Waals surface area contributed by atoms with Crippen LogP contribution >= 0.6 is 11.6 Å². The maximum atomic E-state index is 5.81. The molecular weight excluding hydrogens is 236 g/mol. The summed E-state index contributed by atoms with van der Waals surface area (Å²) in [6.07, 6.45) is 3.60. The number of halogens is 1. The number of hydrogen-bond donors (Lipinski definition) is 0. The second-order valence-electron chi connectivity index (χ2n) is 3.87. The van der Waals surface area contributed by atoms with Crippen LogP contribution in [0.4, 0.5) is 0 Å². The maximum absolute atomic E-state index is 5.81. The van der Waals surface area contributed by atoms with Crippen molar-refractivity contribution < 1.29 is 4.74 Å². The smallest absolute Gasteiger partial charge is 0.165 e. The van der Waals surface area contributed by atoms with E-state index in [2.05, 4.69) is 5.10 Å².